The number of hydrogen-bond acceptors (Lipinski definition) is 5. The van der Waals surface area contributed by atoms with Crippen molar-refractivity contribution in [1.82, 2.24) is 0 Å². The highest BCUT2D eigenvalue weighted by Gasteiger charge is 2.24. The Bertz CT molecular complexity index is 197. The summed E-state index contributed by atoms with van der Waals surface area (Å²) in [6.45, 7) is -0.702. The van der Waals surface area contributed by atoms with Crippen molar-refractivity contribution in [3.63, 3.8) is 0 Å². The minimum absolute atomic E-state index is 0.702. The number of hydrogen-bond donors (Lipinski definition) is 4. The van der Waals surface area contributed by atoms with Crippen LogP contribution in [-0.2, 0) is 10.1 Å². The second kappa shape index (κ2) is 2.81. The molecule has 0 fully saturated rings. The molecule has 10 heavy (non-hydrogen) atoms. The van der Waals surface area contributed by atoms with Gasteiger partial charge in [-0.3, -0.25) is 4.55 Å². The first-order valence-electron chi connectivity index (χ1n) is 2.41. The predicted molar refractivity (Wildman–Crippen MR) is 34.6 cm³/mol. The largest absolute Gasteiger partial charge is 0.393 e. The number of rotatable bonds is 3. The zero-order valence-electron chi connectivity index (χ0n) is 5.19. The van der Waals surface area contributed by atoms with Gasteiger partial charge in [-0.25, -0.2) is 0 Å². The Kier molecular flexibility index (Phi) is 2.75. The minimum atomic E-state index is -4.20. The highest BCUT2D eigenvalue weighted by molar-refractivity contribution is 7.85. The van der Waals surface area contributed by atoms with Crippen LogP contribution < -0.4 is 11.5 Å². The number of aliphatic hydroxyl groups excluding tert-OH is 1. The van der Waals surface area contributed by atoms with Crippen LogP contribution in [0.1, 0.15) is 0 Å². The van der Waals surface area contributed by atoms with Crippen LogP contribution in [0.15, 0.2) is 0 Å². The fourth-order valence-electron chi connectivity index (χ4n) is 0.385. The van der Waals surface area contributed by atoms with E-state index in [1.165, 1.54) is 0 Å². The topological polar surface area (TPSA) is 127 Å². The molecular weight excluding hydrogens is 160 g/mol. The van der Waals surface area contributed by atoms with E-state index in [9.17, 15) is 8.42 Å². The summed E-state index contributed by atoms with van der Waals surface area (Å²) in [5.74, 6) is -0.851. The van der Waals surface area contributed by atoms with E-state index in [0.717, 1.165) is 0 Å². The molecule has 0 aliphatic heterocycles. The lowest BCUT2D eigenvalue weighted by molar-refractivity contribution is 0.213. The normalized spacial score (nSPS) is 13.6. The van der Waals surface area contributed by atoms with Gasteiger partial charge in [-0.2, -0.15) is 8.42 Å². The summed E-state index contributed by atoms with van der Waals surface area (Å²) in [5, 5.41) is 8.33. The Morgan fingerprint density at radius 3 is 1.90 bits per heavy atom. The summed E-state index contributed by atoms with van der Waals surface area (Å²) in [4.78, 5) is 0. The molecule has 0 aromatic heterocycles. The van der Waals surface area contributed by atoms with Crippen LogP contribution in [0, 0.1) is 0 Å². The number of aliphatic hydroxyl groups is 1. The summed E-state index contributed by atoms with van der Waals surface area (Å²) in [6.07, 6.45) is 0. The Labute approximate surface area is 58.6 Å². The van der Waals surface area contributed by atoms with Gasteiger partial charge in [0.2, 0.25) is 0 Å². The van der Waals surface area contributed by atoms with Gasteiger partial charge in [-0.05, 0) is 0 Å². The van der Waals surface area contributed by atoms with Crippen molar-refractivity contribution < 1.29 is 18.1 Å². The maximum absolute atomic E-state index is 10.1. The summed E-state index contributed by atoms with van der Waals surface area (Å²) in [6, 6.07) is 0. The van der Waals surface area contributed by atoms with Crippen molar-refractivity contribution in [2.24, 2.45) is 11.5 Å². The van der Waals surface area contributed by atoms with E-state index < -0.39 is 28.1 Å². The smallest absolute Gasteiger partial charge is 0.268 e. The lowest BCUT2D eigenvalue weighted by Gasteiger charge is -2.18. The molecule has 0 saturated heterocycles. The van der Waals surface area contributed by atoms with Crippen LogP contribution in [0.2, 0.25) is 0 Å². The molecule has 0 aliphatic rings. The van der Waals surface area contributed by atoms with Crippen molar-refractivity contribution in [2.75, 3.05) is 12.4 Å². The molecule has 0 aliphatic carbocycles. The summed E-state index contributed by atoms with van der Waals surface area (Å²) < 4.78 is 28.4. The maximum Gasteiger partial charge on any atom is 0.268 e. The van der Waals surface area contributed by atoms with Crippen molar-refractivity contribution in [2.45, 2.75) is 5.66 Å². The molecule has 0 aromatic carbocycles. The van der Waals surface area contributed by atoms with Crippen molar-refractivity contribution in [1.29, 1.82) is 0 Å². The Morgan fingerprint density at radius 2 is 1.80 bits per heavy atom. The average Bonchev–Trinajstić information content (AvgIpc) is 1.60. The molecule has 6 N–H and O–H groups in total. The Balaban J connectivity index is 4.16. The number of nitrogens with two attached hydrogens (primary N) is 2. The fraction of sp³-hybridized carbons (Fsp3) is 1.00. The molecule has 0 aromatic rings. The standard InChI is InChI=1S/C3H10N2O4S/c4-3(5,1-6)2-10(7,8)9/h6H,1-2,4-5H2,(H,7,8,9). The molecule has 62 valence electrons. The van der Waals surface area contributed by atoms with Gasteiger partial charge >= 0.3 is 0 Å². The first kappa shape index (κ1) is 9.79. The summed E-state index contributed by atoms with van der Waals surface area (Å²) in [7, 11) is -4.20. The minimum Gasteiger partial charge on any atom is -0.393 e. The van der Waals surface area contributed by atoms with E-state index in [0.29, 0.717) is 0 Å². The van der Waals surface area contributed by atoms with Gasteiger partial charge in [0.15, 0.2) is 0 Å². The fourth-order valence-corrected chi connectivity index (χ4v) is 1.16. The lowest BCUT2D eigenvalue weighted by atomic mass is 10.3. The van der Waals surface area contributed by atoms with Gasteiger partial charge < -0.3 is 16.6 Å². The SMILES string of the molecule is NC(N)(CO)CS(=O)(=O)O. The molecule has 0 amide bonds. The summed E-state index contributed by atoms with van der Waals surface area (Å²) in [5.41, 5.74) is 8.23. The van der Waals surface area contributed by atoms with Gasteiger partial charge in [0.05, 0.1) is 6.61 Å². The molecule has 0 bridgehead atoms. The van der Waals surface area contributed by atoms with Crippen molar-refractivity contribution in [3.05, 3.63) is 0 Å². The van der Waals surface area contributed by atoms with E-state index in [1.54, 1.807) is 0 Å². The van der Waals surface area contributed by atoms with Crippen LogP contribution in [0.3, 0.4) is 0 Å². The third kappa shape index (κ3) is 4.65. The zero-order chi connectivity index (χ0) is 8.41. The van der Waals surface area contributed by atoms with Crippen LogP contribution in [0.4, 0.5) is 0 Å². The lowest BCUT2D eigenvalue weighted by Crippen LogP contribution is -2.57. The maximum atomic E-state index is 10.1. The van der Waals surface area contributed by atoms with E-state index in [-0.39, 0.29) is 0 Å². The molecule has 0 radical (unpaired) electrons. The quantitative estimate of drug-likeness (QED) is 0.273. The third-order valence-corrected chi connectivity index (χ3v) is 1.65. The third-order valence-electron chi connectivity index (χ3n) is 0.746. The van der Waals surface area contributed by atoms with E-state index >= 15 is 0 Å². The van der Waals surface area contributed by atoms with Crippen molar-refractivity contribution >= 4 is 10.1 Å². The molecule has 0 unspecified atom stereocenters. The molecule has 7 heteroatoms. The van der Waals surface area contributed by atoms with Crippen LogP contribution >= 0.6 is 0 Å². The molecule has 0 rings (SSSR count). The van der Waals surface area contributed by atoms with Gasteiger partial charge in [-0.1, -0.05) is 0 Å². The van der Waals surface area contributed by atoms with Crippen LogP contribution in [-0.4, -0.2) is 36.1 Å². The van der Waals surface area contributed by atoms with E-state index in [2.05, 4.69) is 0 Å². The van der Waals surface area contributed by atoms with Gasteiger partial charge in [0.25, 0.3) is 10.1 Å². The highest BCUT2D eigenvalue weighted by Crippen LogP contribution is 1.93. The summed E-state index contributed by atoms with van der Waals surface area (Å²) >= 11 is 0. The molecular formula is C3H10N2O4S. The average molecular weight is 170 g/mol. The second-order valence-corrected chi connectivity index (χ2v) is 3.57. The first-order valence-corrected chi connectivity index (χ1v) is 4.01. The molecule has 0 heterocycles. The van der Waals surface area contributed by atoms with Crippen molar-refractivity contribution in [3.8, 4) is 0 Å². The van der Waals surface area contributed by atoms with E-state index in [4.69, 9.17) is 21.1 Å². The van der Waals surface area contributed by atoms with Gasteiger partial charge in [0.1, 0.15) is 11.4 Å². The molecule has 0 spiro atoms. The Hall–Kier alpha value is -0.210. The Morgan fingerprint density at radius 1 is 1.40 bits per heavy atom. The van der Waals surface area contributed by atoms with Crippen LogP contribution in [0.25, 0.3) is 0 Å². The molecule has 0 atom stereocenters. The highest BCUT2D eigenvalue weighted by atomic mass is 32.2. The van der Waals surface area contributed by atoms with Crippen LogP contribution in [0.5, 0.6) is 0 Å². The monoisotopic (exact) mass is 170 g/mol. The first-order chi connectivity index (χ1) is 4.27. The molecule has 6 nitrogen and oxygen atoms in total. The van der Waals surface area contributed by atoms with E-state index in [1.807, 2.05) is 0 Å². The predicted octanol–water partition coefficient (Wildman–Crippen LogP) is -2.52. The second-order valence-electron chi connectivity index (χ2n) is 2.12. The van der Waals surface area contributed by atoms with Gasteiger partial charge in [0, 0.05) is 0 Å². The molecule has 0 saturated carbocycles. The van der Waals surface area contributed by atoms with Gasteiger partial charge in [-0.15, -0.1) is 0 Å². The zero-order valence-corrected chi connectivity index (χ0v) is 6.00.